The summed E-state index contributed by atoms with van der Waals surface area (Å²) in [6.45, 7) is 5.82. The second-order valence-electron chi connectivity index (χ2n) is 8.70. The monoisotopic (exact) mass is 445 g/mol. The number of aryl methyl sites for hydroxylation is 1. The first kappa shape index (κ1) is 22.3. The molecule has 1 aliphatic carbocycles. The van der Waals surface area contributed by atoms with Crippen LogP contribution in [0.4, 0.5) is 4.39 Å². The smallest absolute Gasteiger partial charge is 0.315 e. The van der Waals surface area contributed by atoms with E-state index in [1.54, 1.807) is 24.3 Å². The highest BCUT2D eigenvalue weighted by molar-refractivity contribution is 5.79. The number of benzene rings is 3. The molecule has 0 spiro atoms. The van der Waals surface area contributed by atoms with Gasteiger partial charge in [-0.05, 0) is 43.3 Å². The van der Waals surface area contributed by atoms with Crippen molar-refractivity contribution in [1.29, 1.82) is 5.26 Å². The van der Waals surface area contributed by atoms with Crippen molar-refractivity contribution in [2.75, 3.05) is 0 Å². The Balaban J connectivity index is 1.46. The molecule has 1 fully saturated rings. The first-order valence-electron chi connectivity index (χ1n) is 10.7. The minimum Gasteiger partial charge on any atom is -0.489 e. The Bertz CT molecular complexity index is 1180. The van der Waals surface area contributed by atoms with E-state index in [1.165, 1.54) is 18.2 Å². The van der Waals surface area contributed by atoms with Crippen LogP contribution in [-0.2, 0) is 9.53 Å². The zero-order valence-electron chi connectivity index (χ0n) is 18.6. The molecular formula is C27H24FNO4. The molecule has 3 unspecified atom stereocenters. The molecule has 0 heterocycles. The fraction of sp³-hybridized carbons (Fsp3) is 0.259. The van der Waals surface area contributed by atoms with Crippen LogP contribution in [0.1, 0.15) is 31.1 Å². The van der Waals surface area contributed by atoms with Gasteiger partial charge in [0.25, 0.3) is 0 Å². The molecule has 0 saturated heterocycles. The lowest BCUT2D eigenvalue weighted by molar-refractivity contribution is -0.149. The van der Waals surface area contributed by atoms with E-state index in [1.807, 2.05) is 57.2 Å². The summed E-state index contributed by atoms with van der Waals surface area (Å²) in [5.74, 6) is -0.557. The number of hydrogen-bond donors (Lipinski definition) is 0. The number of nitrogens with zero attached hydrogens (tertiary/aromatic N) is 1. The average Bonchev–Trinajstić information content (AvgIpc) is 3.35. The summed E-state index contributed by atoms with van der Waals surface area (Å²) in [5, 5.41) is 9.64. The number of para-hydroxylation sites is 1. The van der Waals surface area contributed by atoms with E-state index in [-0.39, 0.29) is 11.9 Å². The van der Waals surface area contributed by atoms with Crippen LogP contribution < -0.4 is 9.47 Å². The minimum atomic E-state index is -1.20. The quantitative estimate of drug-likeness (QED) is 0.409. The predicted octanol–water partition coefficient (Wildman–Crippen LogP) is 6.14. The lowest BCUT2D eigenvalue weighted by atomic mass is 10.1. The molecule has 0 amide bonds. The normalized spacial score (nSPS) is 19.1. The Kier molecular flexibility index (Phi) is 6.06. The van der Waals surface area contributed by atoms with Gasteiger partial charge in [-0.1, -0.05) is 55.8 Å². The van der Waals surface area contributed by atoms with Crippen molar-refractivity contribution >= 4 is 5.97 Å². The topological polar surface area (TPSA) is 68.5 Å². The molecule has 33 heavy (non-hydrogen) atoms. The maximum Gasteiger partial charge on any atom is 0.315 e. The van der Waals surface area contributed by atoms with Gasteiger partial charge < -0.3 is 14.2 Å². The second-order valence-corrected chi connectivity index (χ2v) is 8.70. The van der Waals surface area contributed by atoms with Gasteiger partial charge in [0.05, 0.1) is 0 Å². The van der Waals surface area contributed by atoms with Crippen molar-refractivity contribution < 1.29 is 23.4 Å². The predicted molar refractivity (Wildman–Crippen MR) is 120 cm³/mol. The maximum absolute atomic E-state index is 14.3. The summed E-state index contributed by atoms with van der Waals surface area (Å²) in [6, 6.07) is 22.3. The van der Waals surface area contributed by atoms with Gasteiger partial charge >= 0.3 is 5.97 Å². The van der Waals surface area contributed by atoms with E-state index in [9.17, 15) is 14.4 Å². The van der Waals surface area contributed by atoms with Crippen LogP contribution >= 0.6 is 0 Å². The van der Waals surface area contributed by atoms with Gasteiger partial charge in [-0.2, -0.15) is 5.26 Å². The van der Waals surface area contributed by atoms with Crippen LogP contribution in [0.15, 0.2) is 72.8 Å². The fourth-order valence-electron chi connectivity index (χ4n) is 3.74. The summed E-state index contributed by atoms with van der Waals surface area (Å²) in [4.78, 5) is 12.9. The van der Waals surface area contributed by atoms with Gasteiger partial charge in [0.2, 0.25) is 6.10 Å². The van der Waals surface area contributed by atoms with Crippen molar-refractivity contribution in [3.05, 3.63) is 89.7 Å². The number of halogens is 1. The third-order valence-corrected chi connectivity index (χ3v) is 5.85. The summed E-state index contributed by atoms with van der Waals surface area (Å²) in [5.41, 5.74) is 1.000. The SMILES string of the molecule is Cc1ccc(OC2C(C(=O)OC(C#N)c3ccc(F)c(Oc4ccccc4)c3)C2(C)C)cc1. The number of hydrogen-bond acceptors (Lipinski definition) is 5. The molecule has 0 aliphatic heterocycles. The lowest BCUT2D eigenvalue weighted by Gasteiger charge is -2.14. The van der Waals surface area contributed by atoms with E-state index >= 15 is 0 Å². The molecule has 1 saturated carbocycles. The van der Waals surface area contributed by atoms with Gasteiger partial charge in [-0.25, -0.2) is 4.39 Å². The number of rotatable bonds is 7. The third kappa shape index (κ3) is 4.83. The Hall–Kier alpha value is -3.85. The molecule has 1 aliphatic rings. The van der Waals surface area contributed by atoms with Crippen molar-refractivity contribution in [2.45, 2.75) is 33.0 Å². The summed E-state index contributed by atoms with van der Waals surface area (Å²) in [6.07, 6.45) is -1.56. The average molecular weight is 445 g/mol. The molecule has 0 bridgehead atoms. The van der Waals surface area contributed by atoms with E-state index in [2.05, 4.69) is 0 Å². The molecule has 0 radical (unpaired) electrons. The van der Waals surface area contributed by atoms with E-state index < -0.39 is 29.2 Å². The second kappa shape index (κ2) is 8.95. The first-order valence-corrected chi connectivity index (χ1v) is 10.7. The fourth-order valence-corrected chi connectivity index (χ4v) is 3.74. The molecular weight excluding hydrogens is 421 g/mol. The van der Waals surface area contributed by atoms with Crippen LogP contribution in [0.5, 0.6) is 17.2 Å². The molecule has 3 atom stereocenters. The van der Waals surface area contributed by atoms with Crippen LogP contribution in [0.3, 0.4) is 0 Å². The zero-order chi connectivity index (χ0) is 23.6. The largest absolute Gasteiger partial charge is 0.489 e. The molecule has 168 valence electrons. The number of nitriles is 1. The Morgan fingerprint density at radius 1 is 1.03 bits per heavy atom. The van der Waals surface area contributed by atoms with Crippen LogP contribution in [0.25, 0.3) is 0 Å². The van der Waals surface area contributed by atoms with Crippen molar-refractivity contribution in [1.82, 2.24) is 0 Å². The highest BCUT2D eigenvalue weighted by Crippen LogP contribution is 2.55. The van der Waals surface area contributed by atoms with Crippen LogP contribution in [0.2, 0.25) is 0 Å². The lowest BCUT2D eigenvalue weighted by Crippen LogP contribution is -2.16. The number of esters is 1. The summed E-state index contributed by atoms with van der Waals surface area (Å²) in [7, 11) is 0. The van der Waals surface area contributed by atoms with Crippen LogP contribution in [0, 0.1) is 35.4 Å². The van der Waals surface area contributed by atoms with Crippen molar-refractivity contribution in [3.63, 3.8) is 0 Å². The molecule has 4 rings (SSSR count). The molecule has 0 aromatic heterocycles. The Morgan fingerprint density at radius 2 is 1.73 bits per heavy atom. The van der Waals surface area contributed by atoms with Gasteiger partial charge in [0.1, 0.15) is 29.6 Å². The highest BCUT2D eigenvalue weighted by atomic mass is 19.1. The summed E-state index contributed by atoms with van der Waals surface area (Å²) >= 11 is 0. The molecule has 0 N–H and O–H groups in total. The zero-order valence-corrected chi connectivity index (χ0v) is 18.6. The molecule has 6 heteroatoms. The standard InChI is InChI=1S/C27H24FNO4/c1-17-9-12-20(13-10-17)32-25-24(27(25,2)3)26(30)33-23(16-29)18-11-14-21(28)22(15-18)31-19-7-5-4-6-8-19/h4-15,23-25H,1-3H3. The highest BCUT2D eigenvalue weighted by Gasteiger charge is 2.65. The third-order valence-electron chi connectivity index (χ3n) is 5.85. The van der Waals surface area contributed by atoms with Crippen molar-refractivity contribution in [3.8, 4) is 23.3 Å². The van der Waals surface area contributed by atoms with E-state index in [4.69, 9.17) is 14.2 Å². The number of carbonyl (C=O) groups excluding carboxylic acids is 1. The van der Waals surface area contributed by atoms with E-state index in [0.29, 0.717) is 17.1 Å². The summed E-state index contributed by atoms with van der Waals surface area (Å²) < 4.78 is 31.4. The molecule has 3 aromatic rings. The van der Waals surface area contributed by atoms with Crippen LogP contribution in [-0.4, -0.2) is 12.1 Å². The number of carbonyl (C=O) groups is 1. The molecule has 3 aromatic carbocycles. The van der Waals surface area contributed by atoms with Crippen molar-refractivity contribution in [2.24, 2.45) is 11.3 Å². The van der Waals surface area contributed by atoms with Gasteiger partial charge in [0, 0.05) is 11.0 Å². The van der Waals surface area contributed by atoms with Gasteiger partial charge in [-0.15, -0.1) is 0 Å². The minimum absolute atomic E-state index is 0.0534. The Labute approximate surface area is 192 Å². The molecule has 5 nitrogen and oxygen atoms in total. The number of ether oxygens (including phenoxy) is 3. The Morgan fingerprint density at radius 3 is 2.39 bits per heavy atom. The first-order chi connectivity index (χ1) is 15.8. The van der Waals surface area contributed by atoms with Gasteiger partial charge in [0.15, 0.2) is 11.6 Å². The van der Waals surface area contributed by atoms with E-state index in [0.717, 1.165) is 5.56 Å². The van der Waals surface area contributed by atoms with Gasteiger partial charge in [-0.3, -0.25) is 4.79 Å². The maximum atomic E-state index is 14.3.